The Morgan fingerprint density at radius 1 is 1.42 bits per heavy atom. The van der Waals surface area contributed by atoms with Gasteiger partial charge in [-0.15, -0.1) is 0 Å². The van der Waals surface area contributed by atoms with Crippen LogP contribution in [-0.4, -0.2) is 22.9 Å². The predicted molar refractivity (Wildman–Crippen MR) is 68.0 cm³/mol. The fourth-order valence-electron chi connectivity index (χ4n) is 1.60. The Balaban J connectivity index is 2.26. The first-order valence-corrected chi connectivity index (χ1v) is 5.81. The third-order valence-electron chi connectivity index (χ3n) is 2.49. The highest BCUT2D eigenvalue weighted by Gasteiger charge is 2.16. The van der Waals surface area contributed by atoms with Crippen LogP contribution in [0, 0.1) is 5.82 Å². The number of rotatable bonds is 4. The van der Waals surface area contributed by atoms with Gasteiger partial charge in [-0.2, -0.15) is 0 Å². The Labute approximate surface area is 114 Å². The van der Waals surface area contributed by atoms with E-state index < -0.39 is 11.6 Å². The Morgan fingerprint density at radius 2 is 2.21 bits per heavy atom. The third kappa shape index (κ3) is 3.06. The molecule has 0 fully saturated rings. The van der Waals surface area contributed by atoms with Crippen LogP contribution in [0.25, 0.3) is 0 Å². The van der Waals surface area contributed by atoms with E-state index in [2.05, 4.69) is 9.97 Å². The summed E-state index contributed by atoms with van der Waals surface area (Å²) in [5.74, 6) is -0.736. The molecule has 0 saturated carbocycles. The zero-order valence-electron chi connectivity index (χ0n) is 10.1. The van der Waals surface area contributed by atoms with Crippen molar-refractivity contribution >= 4 is 17.4 Å². The van der Waals surface area contributed by atoms with Crippen molar-refractivity contribution < 1.29 is 13.9 Å². The largest absolute Gasteiger partial charge is 0.481 e. The lowest BCUT2D eigenvalue weighted by Gasteiger charge is -2.05. The van der Waals surface area contributed by atoms with Crippen molar-refractivity contribution in [1.82, 2.24) is 9.97 Å². The summed E-state index contributed by atoms with van der Waals surface area (Å²) in [6, 6.07) is 5.63. The number of carbonyl (C=O) groups excluding carboxylic acids is 1. The van der Waals surface area contributed by atoms with Gasteiger partial charge in [0.2, 0.25) is 5.88 Å². The molecule has 2 aromatic rings. The molecule has 2 rings (SSSR count). The number of carbonyl (C=O) groups is 1. The van der Waals surface area contributed by atoms with Gasteiger partial charge in [-0.1, -0.05) is 17.7 Å². The average Bonchev–Trinajstić information content (AvgIpc) is 2.38. The molecule has 0 saturated heterocycles. The highest BCUT2D eigenvalue weighted by molar-refractivity contribution is 6.34. The molecule has 0 spiro atoms. The molecule has 6 heteroatoms. The lowest BCUT2D eigenvalue weighted by Crippen LogP contribution is -2.08. The highest BCUT2D eigenvalue weighted by Crippen LogP contribution is 2.21. The number of nitrogens with zero attached hydrogens (tertiary/aromatic N) is 2. The van der Waals surface area contributed by atoms with Gasteiger partial charge in [-0.25, -0.2) is 14.4 Å². The molecule has 1 aromatic carbocycles. The van der Waals surface area contributed by atoms with E-state index in [1.54, 1.807) is 0 Å². The number of methoxy groups -OCH3 is 1. The zero-order valence-corrected chi connectivity index (χ0v) is 10.8. The number of hydrogen-bond acceptors (Lipinski definition) is 4. The molecule has 1 heterocycles. The summed E-state index contributed by atoms with van der Waals surface area (Å²) in [7, 11) is 1.46. The van der Waals surface area contributed by atoms with Gasteiger partial charge in [0.15, 0.2) is 5.78 Å². The van der Waals surface area contributed by atoms with E-state index in [0.717, 1.165) is 0 Å². The summed E-state index contributed by atoms with van der Waals surface area (Å²) in [5.41, 5.74) is 0.318. The molecule has 0 aliphatic heterocycles. The molecule has 0 amide bonds. The first-order valence-electron chi connectivity index (χ1n) is 5.44. The van der Waals surface area contributed by atoms with E-state index in [1.807, 2.05) is 0 Å². The molecule has 0 unspecified atom stereocenters. The van der Waals surface area contributed by atoms with Gasteiger partial charge in [0.05, 0.1) is 29.8 Å². The topological polar surface area (TPSA) is 52.1 Å². The maximum absolute atomic E-state index is 13.6. The van der Waals surface area contributed by atoms with Crippen LogP contribution in [0.4, 0.5) is 4.39 Å². The second-order valence-corrected chi connectivity index (χ2v) is 4.16. The number of benzene rings is 1. The minimum absolute atomic E-state index is 0.0699. The van der Waals surface area contributed by atoms with Crippen molar-refractivity contribution in [2.24, 2.45) is 0 Å². The van der Waals surface area contributed by atoms with Crippen LogP contribution in [0.2, 0.25) is 5.02 Å². The van der Waals surface area contributed by atoms with E-state index in [9.17, 15) is 9.18 Å². The molecule has 4 nitrogen and oxygen atoms in total. The van der Waals surface area contributed by atoms with Gasteiger partial charge < -0.3 is 4.74 Å². The molecular weight excluding hydrogens is 271 g/mol. The first kappa shape index (κ1) is 13.4. The Bertz CT molecular complexity index is 599. The molecular formula is C13H10ClFN2O2. The van der Waals surface area contributed by atoms with Crippen LogP contribution in [0.5, 0.6) is 5.88 Å². The Hall–Kier alpha value is -2.01. The van der Waals surface area contributed by atoms with Crippen LogP contribution in [0.3, 0.4) is 0 Å². The molecule has 0 aliphatic carbocycles. The van der Waals surface area contributed by atoms with Gasteiger partial charge in [0.1, 0.15) is 12.1 Å². The van der Waals surface area contributed by atoms with E-state index in [-0.39, 0.29) is 17.0 Å². The van der Waals surface area contributed by atoms with Crippen molar-refractivity contribution in [2.45, 2.75) is 6.42 Å². The number of hydrogen-bond donors (Lipinski definition) is 0. The van der Waals surface area contributed by atoms with E-state index in [4.69, 9.17) is 16.3 Å². The van der Waals surface area contributed by atoms with E-state index in [1.165, 1.54) is 37.7 Å². The van der Waals surface area contributed by atoms with Crippen LogP contribution < -0.4 is 4.74 Å². The summed E-state index contributed by atoms with van der Waals surface area (Å²) in [6.45, 7) is 0. The smallest absolute Gasteiger partial charge is 0.216 e. The normalized spacial score (nSPS) is 10.3. The first-order chi connectivity index (χ1) is 9.11. The molecule has 0 radical (unpaired) electrons. The monoisotopic (exact) mass is 280 g/mol. The second-order valence-electron chi connectivity index (χ2n) is 3.75. The lowest BCUT2D eigenvalue weighted by molar-refractivity contribution is 0.0988. The maximum Gasteiger partial charge on any atom is 0.216 e. The van der Waals surface area contributed by atoms with Gasteiger partial charge in [0.25, 0.3) is 0 Å². The van der Waals surface area contributed by atoms with Crippen molar-refractivity contribution in [3.05, 3.63) is 52.7 Å². The molecule has 0 bridgehead atoms. The minimum Gasteiger partial charge on any atom is -0.481 e. The van der Waals surface area contributed by atoms with Crippen molar-refractivity contribution in [3.8, 4) is 5.88 Å². The highest BCUT2D eigenvalue weighted by atomic mass is 35.5. The fraction of sp³-hybridized carbons (Fsp3) is 0.154. The van der Waals surface area contributed by atoms with Gasteiger partial charge in [0, 0.05) is 6.07 Å². The molecule has 0 atom stereocenters. The molecule has 1 aromatic heterocycles. The zero-order chi connectivity index (χ0) is 13.8. The summed E-state index contributed by atoms with van der Waals surface area (Å²) in [5, 5.41) is 0.0889. The number of ketones is 1. The summed E-state index contributed by atoms with van der Waals surface area (Å²) in [6.07, 6.45) is 1.21. The summed E-state index contributed by atoms with van der Waals surface area (Å²) in [4.78, 5) is 19.8. The quantitative estimate of drug-likeness (QED) is 0.808. The Morgan fingerprint density at radius 3 is 2.89 bits per heavy atom. The maximum atomic E-state index is 13.6. The Kier molecular flexibility index (Phi) is 4.06. The molecule has 98 valence electrons. The van der Waals surface area contributed by atoms with E-state index in [0.29, 0.717) is 11.6 Å². The second kappa shape index (κ2) is 5.75. The van der Waals surface area contributed by atoms with Crippen LogP contribution in [-0.2, 0) is 6.42 Å². The van der Waals surface area contributed by atoms with E-state index >= 15 is 0 Å². The van der Waals surface area contributed by atoms with Crippen molar-refractivity contribution in [3.63, 3.8) is 0 Å². The van der Waals surface area contributed by atoms with Crippen molar-refractivity contribution in [1.29, 1.82) is 0 Å². The number of ether oxygens (including phenoxy) is 1. The number of aromatic nitrogens is 2. The number of Topliss-reactive ketones (excluding diaryl/α,β-unsaturated/α-hetero) is 1. The molecule has 0 aliphatic rings. The molecule has 0 N–H and O–H groups in total. The lowest BCUT2D eigenvalue weighted by atomic mass is 10.1. The van der Waals surface area contributed by atoms with Gasteiger partial charge in [-0.05, 0) is 12.1 Å². The standard InChI is InChI=1S/C13H10ClFN2O2/c1-19-12-6-8(16-7-17-12)5-11(18)13-9(14)3-2-4-10(13)15/h2-4,6-7H,5H2,1H3. The predicted octanol–water partition coefficient (Wildman–Crippen LogP) is 2.70. The fourth-order valence-corrected chi connectivity index (χ4v) is 1.87. The summed E-state index contributed by atoms with van der Waals surface area (Å²) >= 11 is 5.83. The third-order valence-corrected chi connectivity index (χ3v) is 2.81. The van der Waals surface area contributed by atoms with Crippen LogP contribution >= 0.6 is 11.6 Å². The van der Waals surface area contributed by atoms with Crippen LogP contribution in [0.1, 0.15) is 16.1 Å². The minimum atomic E-state index is -0.640. The SMILES string of the molecule is COc1cc(CC(=O)c2c(F)cccc2Cl)ncn1. The molecule has 19 heavy (non-hydrogen) atoms. The van der Waals surface area contributed by atoms with Crippen LogP contribution in [0.15, 0.2) is 30.6 Å². The van der Waals surface area contributed by atoms with Crippen molar-refractivity contribution in [2.75, 3.05) is 7.11 Å². The van der Waals surface area contributed by atoms with Gasteiger partial charge in [-0.3, -0.25) is 4.79 Å². The van der Waals surface area contributed by atoms with Gasteiger partial charge >= 0.3 is 0 Å². The average molecular weight is 281 g/mol. The number of halogens is 2. The summed E-state index contributed by atoms with van der Waals surface area (Å²) < 4.78 is 18.5.